The summed E-state index contributed by atoms with van der Waals surface area (Å²) in [7, 11) is 0. The van der Waals surface area contributed by atoms with Crippen LogP contribution in [0.15, 0.2) is 0 Å². The molecule has 0 aromatic carbocycles. The first-order chi connectivity index (χ1) is 9.11. The third kappa shape index (κ3) is 3.05. The van der Waals surface area contributed by atoms with Crippen LogP contribution in [0.2, 0.25) is 0 Å². The lowest BCUT2D eigenvalue weighted by Gasteiger charge is -2.15. The Labute approximate surface area is 117 Å². The Bertz CT molecular complexity index is 469. The molecule has 1 aliphatic carbocycles. The van der Waals surface area contributed by atoms with Crippen molar-refractivity contribution < 1.29 is 4.79 Å². The largest absolute Gasteiger partial charge is 0.355 e. The van der Waals surface area contributed by atoms with Crippen molar-refractivity contribution in [1.82, 2.24) is 14.3 Å². The number of amides is 1. The number of likely N-dealkylation sites (tertiary alicyclic amines) is 1. The van der Waals surface area contributed by atoms with Gasteiger partial charge in [0, 0.05) is 37.0 Å². The molecule has 1 saturated heterocycles. The Morgan fingerprint density at radius 1 is 1.47 bits per heavy atom. The number of hydrogen-bond donors (Lipinski definition) is 1. The lowest BCUT2D eigenvalue weighted by atomic mass is 10.1. The van der Waals surface area contributed by atoms with E-state index >= 15 is 0 Å². The highest BCUT2D eigenvalue weighted by molar-refractivity contribution is 7.09. The third-order valence-electron chi connectivity index (χ3n) is 3.53. The fourth-order valence-electron chi connectivity index (χ4n) is 2.50. The Morgan fingerprint density at radius 2 is 2.26 bits per heavy atom. The first-order valence-corrected chi connectivity index (χ1v) is 7.77. The van der Waals surface area contributed by atoms with Gasteiger partial charge in [-0.3, -0.25) is 4.79 Å². The highest BCUT2D eigenvalue weighted by Gasteiger charge is 2.39. The second kappa shape index (κ2) is 5.07. The van der Waals surface area contributed by atoms with E-state index in [1.54, 1.807) is 0 Å². The minimum atomic E-state index is 0.202. The first-order valence-electron chi connectivity index (χ1n) is 7.00. The van der Waals surface area contributed by atoms with Crippen molar-refractivity contribution in [3.8, 4) is 0 Å². The molecule has 19 heavy (non-hydrogen) atoms. The molecule has 104 valence electrons. The van der Waals surface area contributed by atoms with Crippen LogP contribution in [-0.4, -0.2) is 38.8 Å². The monoisotopic (exact) mass is 280 g/mol. The summed E-state index contributed by atoms with van der Waals surface area (Å²) in [5, 5.41) is 4.21. The summed E-state index contributed by atoms with van der Waals surface area (Å²) in [5.41, 5.74) is 0. The van der Waals surface area contributed by atoms with Crippen LogP contribution in [0.4, 0.5) is 5.13 Å². The average molecular weight is 280 g/mol. The van der Waals surface area contributed by atoms with Gasteiger partial charge in [0.15, 0.2) is 0 Å². The van der Waals surface area contributed by atoms with E-state index in [9.17, 15) is 4.79 Å². The standard InChI is InChI=1S/C13H20N4OS/c1-8(2)5-11-15-13(19-16-11)14-9-6-12(18)17(7-9)10-3-4-10/h8-10H,3-7H2,1-2H3,(H,14,15,16). The van der Waals surface area contributed by atoms with Gasteiger partial charge in [0.25, 0.3) is 0 Å². The van der Waals surface area contributed by atoms with Gasteiger partial charge in [0.2, 0.25) is 11.0 Å². The molecule has 1 aromatic rings. The molecular weight excluding hydrogens is 260 g/mol. The first kappa shape index (κ1) is 12.8. The van der Waals surface area contributed by atoms with E-state index in [4.69, 9.17) is 0 Å². The molecule has 1 unspecified atom stereocenters. The van der Waals surface area contributed by atoms with Crippen molar-refractivity contribution in [2.75, 3.05) is 11.9 Å². The smallest absolute Gasteiger partial charge is 0.225 e. The molecule has 6 heteroatoms. The van der Waals surface area contributed by atoms with Gasteiger partial charge in [-0.2, -0.15) is 4.37 Å². The number of rotatable bonds is 5. The second-order valence-corrected chi connectivity index (χ2v) is 6.69. The predicted molar refractivity (Wildman–Crippen MR) is 75.2 cm³/mol. The molecule has 1 N–H and O–H groups in total. The van der Waals surface area contributed by atoms with Crippen LogP contribution < -0.4 is 5.32 Å². The van der Waals surface area contributed by atoms with Crippen molar-refractivity contribution in [3.05, 3.63) is 5.82 Å². The van der Waals surface area contributed by atoms with Crippen LogP contribution in [0, 0.1) is 5.92 Å². The Kier molecular flexibility index (Phi) is 3.43. The maximum atomic E-state index is 11.9. The topological polar surface area (TPSA) is 58.1 Å². The van der Waals surface area contributed by atoms with E-state index in [0.29, 0.717) is 18.4 Å². The molecule has 0 bridgehead atoms. The molecule has 1 amide bonds. The number of carbonyl (C=O) groups is 1. The average Bonchev–Trinajstić information content (AvgIpc) is 2.99. The molecule has 0 spiro atoms. The molecule has 1 saturated carbocycles. The van der Waals surface area contributed by atoms with Gasteiger partial charge in [-0.15, -0.1) is 0 Å². The Morgan fingerprint density at radius 3 is 2.95 bits per heavy atom. The van der Waals surface area contributed by atoms with E-state index in [1.165, 1.54) is 24.4 Å². The molecular formula is C13H20N4OS. The minimum Gasteiger partial charge on any atom is -0.355 e. The van der Waals surface area contributed by atoms with Crippen molar-refractivity contribution in [2.24, 2.45) is 5.92 Å². The van der Waals surface area contributed by atoms with E-state index in [1.807, 2.05) is 4.90 Å². The number of carbonyl (C=O) groups excluding carboxylic acids is 1. The summed E-state index contributed by atoms with van der Waals surface area (Å²) in [5.74, 6) is 1.76. The number of nitrogens with one attached hydrogen (secondary N) is 1. The molecule has 2 heterocycles. The van der Waals surface area contributed by atoms with Gasteiger partial charge in [-0.05, 0) is 18.8 Å². The third-order valence-corrected chi connectivity index (χ3v) is 4.22. The van der Waals surface area contributed by atoms with Crippen molar-refractivity contribution in [1.29, 1.82) is 0 Å². The van der Waals surface area contributed by atoms with Crippen LogP contribution in [0.25, 0.3) is 0 Å². The van der Waals surface area contributed by atoms with Crippen molar-refractivity contribution >= 4 is 22.6 Å². The Balaban J connectivity index is 1.56. The van der Waals surface area contributed by atoms with Crippen molar-refractivity contribution in [3.63, 3.8) is 0 Å². The lowest BCUT2D eigenvalue weighted by Crippen LogP contribution is -2.29. The molecule has 1 aromatic heterocycles. The zero-order valence-electron chi connectivity index (χ0n) is 11.4. The Hall–Kier alpha value is -1.17. The summed E-state index contributed by atoms with van der Waals surface area (Å²) in [6, 6.07) is 0.721. The predicted octanol–water partition coefficient (Wildman–Crippen LogP) is 1.91. The highest BCUT2D eigenvalue weighted by atomic mass is 32.1. The summed E-state index contributed by atoms with van der Waals surface area (Å²) in [6.45, 7) is 5.15. The molecule has 2 fully saturated rings. The lowest BCUT2D eigenvalue weighted by molar-refractivity contribution is -0.128. The SMILES string of the molecule is CC(C)Cc1nsc(NC2CC(=O)N(C3CC3)C2)n1. The summed E-state index contributed by atoms with van der Waals surface area (Å²) in [6.07, 6.45) is 3.86. The van der Waals surface area contributed by atoms with Crippen molar-refractivity contribution in [2.45, 2.75) is 51.6 Å². The minimum absolute atomic E-state index is 0.202. The number of nitrogens with zero attached hydrogens (tertiary/aromatic N) is 3. The highest BCUT2D eigenvalue weighted by Crippen LogP contribution is 2.31. The fraction of sp³-hybridized carbons (Fsp3) is 0.769. The maximum absolute atomic E-state index is 11.9. The summed E-state index contributed by atoms with van der Waals surface area (Å²) in [4.78, 5) is 18.4. The maximum Gasteiger partial charge on any atom is 0.225 e. The van der Waals surface area contributed by atoms with Gasteiger partial charge >= 0.3 is 0 Å². The number of aromatic nitrogens is 2. The van der Waals surface area contributed by atoms with E-state index in [-0.39, 0.29) is 11.9 Å². The van der Waals surface area contributed by atoms with Crippen LogP contribution in [-0.2, 0) is 11.2 Å². The van der Waals surface area contributed by atoms with Crippen LogP contribution in [0.5, 0.6) is 0 Å². The van der Waals surface area contributed by atoms with Crippen LogP contribution >= 0.6 is 11.5 Å². The molecule has 0 radical (unpaired) electrons. The van der Waals surface area contributed by atoms with Crippen LogP contribution in [0.1, 0.15) is 38.9 Å². The number of anilines is 1. The van der Waals surface area contributed by atoms with E-state index in [2.05, 4.69) is 28.5 Å². The second-order valence-electron chi connectivity index (χ2n) is 5.94. The molecule has 1 atom stereocenters. The fourth-order valence-corrected chi connectivity index (χ4v) is 3.18. The van der Waals surface area contributed by atoms with Gasteiger partial charge in [-0.25, -0.2) is 4.98 Å². The van der Waals surface area contributed by atoms with Gasteiger partial charge in [-0.1, -0.05) is 13.8 Å². The van der Waals surface area contributed by atoms with Gasteiger partial charge < -0.3 is 10.2 Å². The number of hydrogen-bond acceptors (Lipinski definition) is 5. The molecule has 2 aliphatic rings. The summed E-state index contributed by atoms with van der Waals surface area (Å²) >= 11 is 1.40. The normalized spacial score (nSPS) is 23.4. The zero-order chi connectivity index (χ0) is 13.4. The van der Waals surface area contributed by atoms with Gasteiger partial charge in [0.1, 0.15) is 5.82 Å². The summed E-state index contributed by atoms with van der Waals surface area (Å²) < 4.78 is 4.35. The van der Waals surface area contributed by atoms with E-state index in [0.717, 1.165) is 23.9 Å². The zero-order valence-corrected chi connectivity index (χ0v) is 12.2. The van der Waals surface area contributed by atoms with E-state index < -0.39 is 0 Å². The quantitative estimate of drug-likeness (QED) is 0.895. The molecule has 5 nitrogen and oxygen atoms in total. The van der Waals surface area contributed by atoms with Crippen LogP contribution in [0.3, 0.4) is 0 Å². The molecule has 1 aliphatic heterocycles. The molecule has 3 rings (SSSR count). The van der Waals surface area contributed by atoms with Gasteiger partial charge in [0.05, 0.1) is 6.04 Å².